The van der Waals surface area contributed by atoms with Crippen molar-refractivity contribution in [3.8, 4) is 0 Å². The smallest absolute Gasteiger partial charge is 0.306 e. The second-order valence-corrected chi connectivity index (χ2v) is 20.9. The SMILES string of the molecule is CC/C=C\C/C=C\C/C=C\C/C=C\C/C=C\CCCCCCCCCCCCCCCC(=O)OCC(COC(=O)CCCCCCC/C=C\CCCCCC)OC(=O)CCCCCC/C=C\C/C=C\C/C=C\C/C=C\CC. The Bertz CT molecular complexity index is 1600. The quantitative estimate of drug-likeness (QED) is 0.0261. The van der Waals surface area contributed by atoms with Crippen LogP contribution >= 0.6 is 0 Å². The number of ether oxygens (including phenoxy) is 3. The van der Waals surface area contributed by atoms with Crippen molar-refractivity contribution in [3.63, 3.8) is 0 Å². The Morgan fingerprint density at radius 1 is 0.273 bits per heavy atom. The molecule has 77 heavy (non-hydrogen) atoms. The van der Waals surface area contributed by atoms with E-state index in [1.54, 1.807) is 0 Å². The Morgan fingerprint density at radius 3 is 0.805 bits per heavy atom. The van der Waals surface area contributed by atoms with E-state index in [0.717, 1.165) is 135 Å². The van der Waals surface area contributed by atoms with Crippen LogP contribution in [0.5, 0.6) is 0 Å². The van der Waals surface area contributed by atoms with Crippen LogP contribution in [0.2, 0.25) is 0 Å². The van der Waals surface area contributed by atoms with Gasteiger partial charge in [0, 0.05) is 19.3 Å². The lowest BCUT2D eigenvalue weighted by atomic mass is 10.0. The van der Waals surface area contributed by atoms with Crippen molar-refractivity contribution < 1.29 is 28.6 Å². The second kappa shape index (κ2) is 64.3. The maximum Gasteiger partial charge on any atom is 0.306 e. The number of unbranched alkanes of at least 4 members (excludes halogenated alkanes) is 26. The number of allylic oxidation sites excluding steroid dienone is 20. The van der Waals surface area contributed by atoms with E-state index >= 15 is 0 Å². The number of hydrogen-bond donors (Lipinski definition) is 0. The number of rotatable bonds is 57. The molecule has 0 radical (unpaired) electrons. The normalized spacial score (nSPS) is 12.9. The Kier molecular flexibility index (Phi) is 60.8. The first-order valence-electron chi connectivity index (χ1n) is 32.0. The highest BCUT2D eigenvalue weighted by atomic mass is 16.6. The molecule has 0 fully saturated rings. The lowest BCUT2D eigenvalue weighted by Gasteiger charge is -2.18. The van der Waals surface area contributed by atoms with Gasteiger partial charge in [0.15, 0.2) is 6.10 Å². The third kappa shape index (κ3) is 62.5. The van der Waals surface area contributed by atoms with E-state index in [0.29, 0.717) is 19.3 Å². The molecule has 0 saturated carbocycles. The molecule has 0 aromatic rings. The van der Waals surface area contributed by atoms with Crippen molar-refractivity contribution in [2.45, 2.75) is 297 Å². The molecule has 1 atom stereocenters. The van der Waals surface area contributed by atoms with Crippen molar-refractivity contribution in [1.29, 1.82) is 0 Å². The van der Waals surface area contributed by atoms with E-state index in [1.807, 2.05) is 0 Å². The third-order valence-electron chi connectivity index (χ3n) is 13.4. The van der Waals surface area contributed by atoms with E-state index in [2.05, 4.69) is 142 Å². The van der Waals surface area contributed by atoms with Crippen LogP contribution in [-0.4, -0.2) is 37.2 Å². The highest BCUT2D eigenvalue weighted by Gasteiger charge is 2.19. The molecular formula is C71H118O6. The van der Waals surface area contributed by atoms with Crippen LogP contribution in [0.4, 0.5) is 0 Å². The zero-order valence-corrected chi connectivity index (χ0v) is 50.2. The highest BCUT2D eigenvalue weighted by Crippen LogP contribution is 2.16. The zero-order valence-electron chi connectivity index (χ0n) is 50.2. The largest absolute Gasteiger partial charge is 0.462 e. The summed E-state index contributed by atoms with van der Waals surface area (Å²) in [4.78, 5) is 38.3. The van der Waals surface area contributed by atoms with Gasteiger partial charge in [-0.2, -0.15) is 0 Å². The van der Waals surface area contributed by atoms with Gasteiger partial charge in [-0.15, -0.1) is 0 Å². The highest BCUT2D eigenvalue weighted by molar-refractivity contribution is 5.71. The minimum atomic E-state index is -0.798. The first kappa shape index (κ1) is 72.8. The molecule has 0 aliphatic rings. The van der Waals surface area contributed by atoms with Gasteiger partial charge in [0.25, 0.3) is 0 Å². The Hall–Kier alpha value is -4.19. The van der Waals surface area contributed by atoms with Crippen molar-refractivity contribution in [2.24, 2.45) is 0 Å². The van der Waals surface area contributed by atoms with Crippen LogP contribution in [0.15, 0.2) is 122 Å². The maximum absolute atomic E-state index is 12.9. The molecule has 0 amide bonds. The van der Waals surface area contributed by atoms with Crippen molar-refractivity contribution in [2.75, 3.05) is 13.2 Å². The number of hydrogen-bond acceptors (Lipinski definition) is 6. The molecule has 6 nitrogen and oxygen atoms in total. The van der Waals surface area contributed by atoms with Crippen molar-refractivity contribution in [1.82, 2.24) is 0 Å². The Labute approximate surface area is 475 Å². The van der Waals surface area contributed by atoms with Gasteiger partial charge in [-0.3, -0.25) is 14.4 Å². The summed E-state index contributed by atoms with van der Waals surface area (Å²) in [6, 6.07) is 0. The van der Waals surface area contributed by atoms with Crippen molar-refractivity contribution >= 4 is 17.9 Å². The molecule has 0 aliphatic carbocycles. The van der Waals surface area contributed by atoms with Crippen LogP contribution < -0.4 is 0 Å². The summed E-state index contributed by atoms with van der Waals surface area (Å²) in [5, 5.41) is 0. The van der Waals surface area contributed by atoms with Crippen molar-refractivity contribution in [3.05, 3.63) is 122 Å². The zero-order chi connectivity index (χ0) is 55.7. The Morgan fingerprint density at radius 2 is 0.506 bits per heavy atom. The second-order valence-electron chi connectivity index (χ2n) is 20.9. The van der Waals surface area contributed by atoms with E-state index in [-0.39, 0.29) is 31.1 Å². The molecule has 1 unspecified atom stereocenters. The van der Waals surface area contributed by atoms with Gasteiger partial charge in [-0.1, -0.05) is 264 Å². The molecule has 0 heterocycles. The molecule has 0 saturated heterocycles. The van der Waals surface area contributed by atoms with Gasteiger partial charge < -0.3 is 14.2 Å². The molecule has 0 spiro atoms. The molecule has 0 aliphatic heterocycles. The minimum Gasteiger partial charge on any atom is -0.462 e. The number of carbonyl (C=O) groups excluding carboxylic acids is 3. The summed E-state index contributed by atoms with van der Waals surface area (Å²) in [6.07, 6.45) is 89.2. The standard InChI is InChI=1S/C71H118O6/c1-4-7-10-13-16-19-22-25-27-29-30-31-32-33-34-35-36-37-38-39-40-42-43-46-49-52-55-58-61-64-70(73)76-67-68(66-75-69(72)63-60-57-54-51-48-45-24-21-18-15-12-9-6-3)77-71(74)65-62-59-56-53-50-47-44-41-28-26-23-20-17-14-11-8-5-2/h7-8,10-11,16-17,19-21,24-28,30-31,33-34,44,47,68H,4-6,9,12-15,18,22-23,29,32,35-43,45-46,48-67H2,1-3H3/b10-7-,11-8-,19-16-,20-17-,24-21-,27-25-,28-26-,31-30-,34-33-,47-44-. The minimum absolute atomic E-state index is 0.0923. The van der Waals surface area contributed by atoms with Gasteiger partial charge in [0.05, 0.1) is 0 Å². The molecule has 6 heteroatoms. The van der Waals surface area contributed by atoms with Crippen LogP contribution in [-0.2, 0) is 28.6 Å². The fourth-order valence-electron chi connectivity index (χ4n) is 8.69. The maximum atomic E-state index is 12.9. The molecule has 0 bridgehead atoms. The fourth-order valence-corrected chi connectivity index (χ4v) is 8.69. The summed E-state index contributed by atoms with van der Waals surface area (Å²) >= 11 is 0. The number of carbonyl (C=O) groups is 3. The predicted octanol–water partition coefficient (Wildman–Crippen LogP) is 22.0. The summed E-state index contributed by atoms with van der Waals surface area (Å²) < 4.78 is 16.9. The number of esters is 3. The van der Waals surface area contributed by atoms with Crippen LogP contribution in [0.3, 0.4) is 0 Å². The monoisotopic (exact) mass is 1070 g/mol. The fraction of sp³-hybridized carbons (Fsp3) is 0.676. The average Bonchev–Trinajstić information content (AvgIpc) is 3.43. The molecule has 0 aromatic carbocycles. The van der Waals surface area contributed by atoms with E-state index in [4.69, 9.17) is 14.2 Å². The molecule has 0 N–H and O–H groups in total. The van der Waals surface area contributed by atoms with Crippen LogP contribution in [0.25, 0.3) is 0 Å². The lowest BCUT2D eigenvalue weighted by molar-refractivity contribution is -0.167. The van der Waals surface area contributed by atoms with E-state index in [9.17, 15) is 14.4 Å². The molecule has 0 rings (SSSR count). The average molecular weight is 1070 g/mol. The van der Waals surface area contributed by atoms with Gasteiger partial charge >= 0.3 is 17.9 Å². The predicted molar refractivity (Wildman–Crippen MR) is 334 cm³/mol. The summed E-state index contributed by atoms with van der Waals surface area (Å²) in [5.74, 6) is -0.922. The molecular weight excluding hydrogens is 949 g/mol. The third-order valence-corrected chi connectivity index (χ3v) is 13.4. The summed E-state index contributed by atoms with van der Waals surface area (Å²) in [6.45, 7) is 6.38. The van der Waals surface area contributed by atoms with E-state index < -0.39 is 6.10 Å². The molecule has 0 aromatic heterocycles. The van der Waals surface area contributed by atoms with Gasteiger partial charge in [-0.25, -0.2) is 0 Å². The van der Waals surface area contributed by atoms with Gasteiger partial charge in [0.2, 0.25) is 0 Å². The summed E-state index contributed by atoms with van der Waals surface area (Å²) in [5.41, 5.74) is 0. The lowest BCUT2D eigenvalue weighted by Crippen LogP contribution is -2.30. The van der Waals surface area contributed by atoms with Gasteiger partial charge in [-0.05, 0) is 128 Å². The van der Waals surface area contributed by atoms with Crippen LogP contribution in [0.1, 0.15) is 290 Å². The summed E-state index contributed by atoms with van der Waals surface area (Å²) in [7, 11) is 0. The molecule has 438 valence electrons. The van der Waals surface area contributed by atoms with Gasteiger partial charge in [0.1, 0.15) is 13.2 Å². The first-order valence-corrected chi connectivity index (χ1v) is 32.0. The van der Waals surface area contributed by atoms with E-state index in [1.165, 1.54) is 116 Å². The van der Waals surface area contributed by atoms with Crippen LogP contribution in [0, 0.1) is 0 Å². The Balaban J connectivity index is 4.30. The first-order chi connectivity index (χ1) is 38.0. The topological polar surface area (TPSA) is 78.9 Å².